The lowest BCUT2D eigenvalue weighted by Gasteiger charge is -2.07. The number of hydrogen-bond donors (Lipinski definition) is 1. The molecule has 2 aromatic carbocycles. The third-order valence-corrected chi connectivity index (χ3v) is 4.35. The van der Waals surface area contributed by atoms with Crippen LogP contribution in [0.25, 0.3) is 21.9 Å². The van der Waals surface area contributed by atoms with Crippen molar-refractivity contribution in [1.82, 2.24) is 14.3 Å². The molecule has 0 amide bonds. The number of hydrogen-bond acceptors (Lipinski definition) is 2. The van der Waals surface area contributed by atoms with Crippen LogP contribution in [0.2, 0.25) is 5.02 Å². The van der Waals surface area contributed by atoms with Crippen LogP contribution in [-0.2, 0) is 13.6 Å². The quantitative estimate of drug-likeness (QED) is 0.615. The topological polar surface area (TPSA) is 60.1 Å². The molecule has 4 rings (SSSR count). The zero-order chi connectivity index (χ0) is 16.8. The average molecular weight is 340 g/mol. The maximum atomic E-state index is 11.3. The van der Waals surface area contributed by atoms with E-state index in [9.17, 15) is 9.90 Å². The molecule has 0 unspecified atom stereocenters. The zero-order valence-electron chi connectivity index (χ0n) is 12.9. The van der Waals surface area contributed by atoms with E-state index in [0.717, 1.165) is 27.5 Å². The van der Waals surface area contributed by atoms with Gasteiger partial charge in [-0.05, 0) is 35.9 Å². The monoisotopic (exact) mass is 339 g/mol. The van der Waals surface area contributed by atoms with Crippen molar-refractivity contribution in [2.45, 2.75) is 6.54 Å². The number of carboxylic acid groups (broad SMARTS) is 1. The second-order valence-electron chi connectivity index (χ2n) is 5.79. The van der Waals surface area contributed by atoms with Crippen molar-refractivity contribution < 1.29 is 9.90 Å². The van der Waals surface area contributed by atoms with Crippen molar-refractivity contribution in [3.05, 3.63) is 64.8 Å². The van der Waals surface area contributed by atoms with Crippen LogP contribution in [0.3, 0.4) is 0 Å². The molecule has 5 nitrogen and oxygen atoms in total. The van der Waals surface area contributed by atoms with E-state index in [0.29, 0.717) is 11.6 Å². The molecule has 6 heteroatoms. The molecule has 0 aliphatic heterocycles. The van der Waals surface area contributed by atoms with Gasteiger partial charge in [-0.25, -0.2) is 4.79 Å². The fraction of sp³-hybridized carbons (Fsp3) is 0.111. The highest BCUT2D eigenvalue weighted by Gasteiger charge is 2.16. The number of aromatic nitrogens is 3. The summed E-state index contributed by atoms with van der Waals surface area (Å²) in [6.45, 7) is 0.615. The molecular formula is C18H14ClN3O2. The van der Waals surface area contributed by atoms with Gasteiger partial charge in [-0.1, -0.05) is 23.7 Å². The summed E-state index contributed by atoms with van der Waals surface area (Å²) < 4.78 is 3.83. The third-order valence-electron chi connectivity index (χ3n) is 4.12. The van der Waals surface area contributed by atoms with Crippen molar-refractivity contribution in [3.63, 3.8) is 0 Å². The van der Waals surface area contributed by atoms with Gasteiger partial charge >= 0.3 is 5.97 Å². The van der Waals surface area contributed by atoms with Crippen LogP contribution >= 0.6 is 11.6 Å². The van der Waals surface area contributed by atoms with Gasteiger partial charge in [0.2, 0.25) is 0 Å². The summed E-state index contributed by atoms with van der Waals surface area (Å²) in [4.78, 5) is 11.3. The maximum Gasteiger partial charge on any atom is 0.335 e. The van der Waals surface area contributed by atoms with Crippen LogP contribution in [0.4, 0.5) is 0 Å². The SMILES string of the molecule is Cn1cc2c3cc(C(=O)O)ccc3n(Cc3cccc(Cl)c3)c2n1. The Balaban J connectivity index is 1.96. The summed E-state index contributed by atoms with van der Waals surface area (Å²) in [6, 6.07) is 12.9. The van der Waals surface area contributed by atoms with E-state index >= 15 is 0 Å². The number of carboxylic acids is 1. The number of aromatic carboxylic acids is 1. The van der Waals surface area contributed by atoms with E-state index in [1.165, 1.54) is 0 Å². The first-order chi connectivity index (χ1) is 11.5. The Morgan fingerprint density at radius 1 is 1.21 bits per heavy atom. The molecule has 2 aromatic heterocycles. The Hall–Kier alpha value is -2.79. The lowest BCUT2D eigenvalue weighted by atomic mass is 10.1. The molecule has 0 spiro atoms. The van der Waals surface area contributed by atoms with Crippen molar-refractivity contribution in [3.8, 4) is 0 Å². The molecule has 0 fully saturated rings. The smallest absolute Gasteiger partial charge is 0.335 e. The summed E-state index contributed by atoms with van der Waals surface area (Å²) in [5.41, 5.74) is 3.12. The van der Waals surface area contributed by atoms with Gasteiger partial charge in [-0.3, -0.25) is 4.68 Å². The first-order valence-electron chi connectivity index (χ1n) is 7.46. The number of nitrogens with zero attached hydrogens (tertiary/aromatic N) is 3. The van der Waals surface area contributed by atoms with Crippen LogP contribution in [0, 0.1) is 0 Å². The molecule has 0 bridgehead atoms. The van der Waals surface area contributed by atoms with E-state index in [2.05, 4.69) is 9.67 Å². The molecule has 1 N–H and O–H groups in total. The molecule has 0 aliphatic carbocycles. The van der Waals surface area contributed by atoms with Crippen LogP contribution in [0.5, 0.6) is 0 Å². The highest BCUT2D eigenvalue weighted by Crippen LogP contribution is 2.30. The summed E-state index contributed by atoms with van der Waals surface area (Å²) in [7, 11) is 1.86. The second kappa shape index (κ2) is 5.39. The fourth-order valence-electron chi connectivity index (χ4n) is 3.08. The first-order valence-corrected chi connectivity index (χ1v) is 7.84. The van der Waals surface area contributed by atoms with E-state index < -0.39 is 5.97 Å². The highest BCUT2D eigenvalue weighted by molar-refractivity contribution is 6.30. The van der Waals surface area contributed by atoms with Crippen LogP contribution in [-0.4, -0.2) is 25.4 Å². The Kier molecular flexibility index (Phi) is 3.32. The van der Waals surface area contributed by atoms with Gasteiger partial charge in [0, 0.05) is 35.6 Å². The number of fused-ring (bicyclic) bond motifs is 3. The molecule has 0 radical (unpaired) electrons. The highest BCUT2D eigenvalue weighted by atomic mass is 35.5. The Labute approximate surface area is 142 Å². The first kappa shape index (κ1) is 14.8. The zero-order valence-corrected chi connectivity index (χ0v) is 13.7. The van der Waals surface area contributed by atoms with Gasteiger partial charge < -0.3 is 9.67 Å². The molecule has 120 valence electrons. The van der Waals surface area contributed by atoms with E-state index in [-0.39, 0.29) is 5.56 Å². The number of rotatable bonds is 3. The molecule has 0 atom stereocenters. The van der Waals surface area contributed by atoms with Gasteiger partial charge in [0.25, 0.3) is 0 Å². The third kappa shape index (κ3) is 2.34. The molecule has 4 aromatic rings. The average Bonchev–Trinajstić information content (AvgIpc) is 3.04. The number of carbonyl (C=O) groups is 1. The van der Waals surface area contributed by atoms with Crippen LogP contribution < -0.4 is 0 Å². The number of benzene rings is 2. The number of halogens is 1. The molecule has 24 heavy (non-hydrogen) atoms. The summed E-state index contributed by atoms with van der Waals surface area (Å²) in [5, 5.41) is 16.3. The summed E-state index contributed by atoms with van der Waals surface area (Å²) >= 11 is 6.09. The van der Waals surface area contributed by atoms with Crippen LogP contribution in [0.15, 0.2) is 48.7 Å². The molecule has 0 aliphatic rings. The lowest BCUT2D eigenvalue weighted by Crippen LogP contribution is -2.02. The molecular weight excluding hydrogens is 326 g/mol. The predicted octanol–water partition coefficient (Wildman–Crippen LogP) is 3.93. The minimum absolute atomic E-state index is 0.271. The van der Waals surface area contributed by atoms with E-state index in [4.69, 9.17) is 11.6 Å². The van der Waals surface area contributed by atoms with Crippen molar-refractivity contribution >= 4 is 39.5 Å². The maximum absolute atomic E-state index is 11.3. The Morgan fingerprint density at radius 2 is 2.04 bits per heavy atom. The van der Waals surface area contributed by atoms with E-state index in [1.54, 1.807) is 16.8 Å². The number of aryl methyl sites for hydroxylation is 1. The molecule has 0 saturated heterocycles. The minimum Gasteiger partial charge on any atom is -0.478 e. The van der Waals surface area contributed by atoms with Crippen molar-refractivity contribution in [1.29, 1.82) is 0 Å². The predicted molar refractivity (Wildman–Crippen MR) is 93.7 cm³/mol. The summed E-state index contributed by atoms with van der Waals surface area (Å²) in [5.74, 6) is -0.934. The molecule has 0 saturated carbocycles. The van der Waals surface area contributed by atoms with Gasteiger partial charge in [0.15, 0.2) is 5.65 Å². The van der Waals surface area contributed by atoms with Gasteiger partial charge in [-0.2, -0.15) is 5.10 Å². The standard InChI is InChI=1S/C18H14ClN3O2/c1-21-10-15-14-8-12(18(23)24)5-6-16(14)22(17(15)20-21)9-11-3-2-4-13(19)7-11/h2-8,10H,9H2,1H3,(H,23,24). The second-order valence-corrected chi connectivity index (χ2v) is 6.23. The van der Waals surface area contributed by atoms with Crippen molar-refractivity contribution in [2.24, 2.45) is 7.05 Å². The van der Waals surface area contributed by atoms with E-state index in [1.807, 2.05) is 43.6 Å². The normalized spacial score (nSPS) is 11.4. The van der Waals surface area contributed by atoms with Crippen LogP contribution in [0.1, 0.15) is 15.9 Å². The Bertz CT molecular complexity index is 1090. The van der Waals surface area contributed by atoms with Gasteiger partial charge in [-0.15, -0.1) is 0 Å². The molecule has 2 heterocycles. The minimum atomic E-state index is -0.934. The lowest BCUT2D eigenvalue weighted by molar-refractivity contribution is 0.0697. The summed E-state index contributed by atoms with van der Waals surface area (Å²) in [6.07, 6.45) is 1.91. The van der Waals surface area contributed by atoms with Crippen molar-refractivity contribution in [2.75, 3.05) is 0 Å². The van der Waals surface area contributed by atoms with Gasteiger partial charge in [0.05, 0.1) is 11.1 Å². The Morgan fingerprint density at radius 3 is 2.79 bits per heavy atom. The largest absolute Gasteiger partial charge is 0.478 e. The van der Waals surface area contributed by atoms with Gasteiger partial charge in [0.1, 0.15) is 0 Å². The fourth-order valence-corrected chi connectivity index (χ4v) is 3.29.